The number of hydrogen-bond acceptors (Lipinski definition) is 3. The summed E-state index contributed by atoms with van der Waals surface area (Å²) < 4.78 is 5.49. The molecule has 1 aromatic rings. The Morgan fingerprint density at radius 2 is 2.05 bits per heavy atom. The summed E-state index contributed by atoms with van der Waals surface area (Å²) in [6.07, 6.45) is 1.22. The van der Waals surface area contributed by atoms with Gasteiger partial charge in [-0.05, 0) is 45.7 Å². The molecule has 1 aliphatic heterocycles. The van der Waals surface area contributed by atoms with E-state index in [1.54, 1.807) is 7.11 Å². The van der Waals surface area contributed by atoms with Crippen molar-refractivity contribution in [2.45, 2.75) is 46.2 Å². The Morgan fingerprint density at radius 3 is 2.63 bits per heavy atom. The van der Waals surface area contributed by atoms with Crippen LogP contribution in [0.25, 0.3) is 0 Å². The highest BCUT2D eigenvalue weighted by Gasteiger charge is 2.24. The van der Waals surface area contributed by atoms with Crippen LogP contribution < -0.4 is 10.1 Å². The largest absolute Gasteiger partial charge is 0.496 e. The van der Waals surface area contributed by atoms with E-state index in [1.807, 2.05) is 0 Å². The van der Waals surface area contributed by atoms with Gasteiger partial charge in [0.25, 0.3) is 0 Å². The van der Waals surface area contributed by atoms with Gasteiger partial charge in [-0.1, -0.05) is 6.07 Å². The number of likely N-dealkylation sites (tertiary alicyclic amines) is 1. The standard InChI is InChI=1S/C16H26N2O/c1-11(2)18-9-8-14(10-18)17-15-7-6-12(3)16(19-5)13(15)4/h6-7,11,14,17H,8-10H2,1-5H3. The minimum Gasteiger partial charge on any atom is -0.496 e. The molecule has 106 valence electrons. The van der Waals surface area contributed by atoms with Crippen LogP contribution in [-0.2, 0) is 0 Å². The molecule has 2 rings (SSSR count). The molecular weight excluding hydrogens is 236 g/mol. The van der Waals surface area contributed by atoms with Crippen LogP contribution in [0, 0.1) is 13.8 Å². The molecule has 1 aliphatic rings. The summed E-state index contributed by atoms with van der Waals surface area (Å²) in [6, 6.07) is 5.49. The van der Waals surface area contributed by atoms with Gasteiger partial charge in [0.05, 0.1) is 7.11 Å². The van der Waals surface area contributed by atoms with Gasteiger partial charge in [-0.3, -0.25) is 4.90 Å². The van der Waals surface area contributed by atoms with E-state index in [0.717, 1.165) is 12.3 Å². The van der Waals surface area contributed by atoms with E-state index in [0.29, 0.717) is 12.1 Å². The summed E-state index contributed by atoms with van der Waals surface area (Å²) >= 11 is 0. The third-order valence-electron chi connectivity index (χ3n) is 4.12. The molecule has 1 fully saturated rings. The second-order valence-corrected chi connectivity index (χ2v) is 5.81. The van der Waals surface area contributed by atoms with Crippen molar-refractivity contribution in [3.05, 3.63) is 23.3 Å². The second-order valence-electron chi connectivity index (χ2n) is 5.81. The monoisotopic (exact) mass is 262 g/mol. The van der Waals surface area contributed by atoms with E-state index in [2.05, 4.69) is 50.0 Å². The highest BCUT2D eigenvalue weighted by Crippen LogP contribution is 2.30. The molecule has 1 atom stereocenters. The van der Waals surface area contributed by atoms with Gasteiger partial charge in [0.2, 0.25) is 0 Å². The van der Waals surface area contributed by atoms with E-state index >= 15 is 0 Å². The number of nitrogens with one attached hydrogen (secondary N) is 1. The summed E-state index contributed by atoms with van der Waals surface area (Å²) in [4.78, 5) is 2.53. The first-order valence-corrected chi connectivity index (χ1v) is 7.17. The molecule has 0 saturated carbocycles. The number of methoxy groups -OCH3 is 1. The van der Waals surface area contributed by atoms with Crippen molar-refractivity contribution in [3.63, 3.8) is 0 Å². The Bertz CT molecular complexity index is 443. The first-order valence-electron chi connectivity index (χ1n) is 7.17. The number of anilines is 1. The zero-order valence-corrected chi connectivity index (χ0v) is 12.8. The number of hydrogen-bond donors (Lipinski definition) is 1. The topological polar surface area (TPSA) is 24.5 Å². The summed E-state index contributed by atoms with van der Waals surface area (Å²) in [5.74, 6) is 1.00. The van der Waals surface area contributed by atoms with Crippen LogP contribution in [0.15, 0.2) is 12.1 Å². The Balaban J connectivity index is 2.08. The van der Waals surface area contributed by atoms with Gasteiger partial charge in [0.15, 0.2) is 0 Å². The molecule has 1 unspecified atom stereocenters. The van der Waals surface area contributed by atoms with Crippen LogP contribution in [0.4, 0.5) is 5.69 Å². The Kier molecular flexibility index (Phi) is 4.35. The van der Waals surface area contributed by atoms with Crippen molar-refractivity contribution in [2.24, 2.45) is 0 Å². The first-order chi connectivity index (χ1) is 9.02. The zero-order valence-electron chi connectivity index (χ0n) is 12.8. The van der Waals surface area contributed by atoms with Gasteiger partial charge in [0, 0.05) is 36.4 Å². The van der Waals surface area contributed by atoms with Crippen LogP contribution >= 0.6 is 0 Å². The molecule has 0 radical (unpaired) electrons. The van der Waals surface area contributed by atoms with Crippen LogP contribution in [0.5, 0.6) is 5.75 Å². The lowest BCUT2D eigenvalue weighted by atomic mass is 10.1. The Labute approximate surface area is 116 Å². The number of aryl methyl sites for hydroxylation is 1. The quantitative estimate of drug-likeness (QED) is 0.901. The van der Waals surface area contributed by atoms with Crippen LogP contribution in [0.1, 0.15) is 31.4 Å². The highest BCUT2D eigenvalue weighted by atomic mass is 16.5. The summed E-state index contributed by atoms with van der Waals surface area (Å²) in [5, 5.41) is 3.67. The van der Waals surface area contributed by atoms with Gasteiger partial charge in [-0.2, -0.15) is 0 Å². The van der Waals surface area contributed by atoms with E-state index in [1.165, 1.54) is 29.8 Å². The molecule has 0 spiro atoms. The maximum absolute atomic E-state index is 5.49. The molecule has 1 N–H and O–H groups in total. The molecule has 3 nitrogen and oxygen atoms in total. The number of nitrogens with zero attached hydrogens (tertiary/aromatic N) is 1. The van der Waals surface area contributed by atoms with E-state index in [-0.39, 0.29) is 0 Å². The average Bonchev–Trinajstić information content (AvgIpc) is 2.82. The fourth-order valence-corrected chi connectivity index (χ4v) is 2.89. The lowest BCUT2D eigenvalue weighted by molar-refractivity contribution is 0.274. The third kappa shape index (κ3) is 3.03. The fourth-order valence-electron chi connectivity index (χ4n) is 2.89. The minimum absolute atomic E-state index is 0.550. The molecule has 0 aliphatic carbocycles. The van der Waals surface area contributed by atoms with Crippen molar-refractivity contribution in [2.75, 3.05) is 25.5 Å². The summed E-state index contributed by atoms with van der Waals surface area (Å²) in [6.45, 7) is 11.1. The maximum Gasteiger partial charge on any atom is 0.126 e. The smallest absolute Gasteiger partial charge is 0.126 e. The fraction of sp³-hybridized carbons (Fsp3) is 0.625. The molecule has 1 heterocycles. The maximum atomic E-state index is 5.49. The molecule has 1 saturated heterocycles. The predicted molar refractivity (Wildman–Crippen MR) is 81.2 cm³/mol. The van der Waals surface area contributed by atoms with Crippen LogP contribution in [0.3, 0.4) is 0 Å². The van der Waals surface area contributed by atoms with Gasteiger partial charge in [-0.25, -0.2) is 0 Å². The minimum atomic E-state index is 0.550. The normalized spacial score (nSPS) is 20.0. The van der Waals surface area contributed by atoms with E-state index < -0.39 is 0 Å². The molecule has 0 bridgehead atoms. The van der Waals surface area contributed by atoms with Crippen molar-refractivity contribution >= 4 is 5.69 Å². The number of ether oxygens (including phenoxy) is 1. The Morgan fingerprint density at radius 1 is 1.32 bits per heavy atom. The molecular formula is C16H26N2O. The highest BCUT2D eigenvalue weighted by molar-refractivity contribution is 5.60. The Hall–Kier alpha value is -1.22. The van der Waals surface area contributed by atoms with Gasteiger partial charge >= 0.3 is 0 Å². The lowest BCUT2D eigenvalue weighted by Gasteiger charge is -2.22. The van der Waals surface area contributed by atoms with E-state index in [4.69, 9.17) is 4.74 Å². The molecule has 0 amide bonds. The molecule has 0 aromatic heterocycles. The molecule has 3 heteroatoms. The summed E-state index contributed by atoms with van der Waals surface area (Å²) in [5.41, 5.74) is 3.62. The lowest BCUT2D eigenvalue weighted by Crippen LogP contribution is -2.31. The van der Waals surface area contributed by atoms with Gasteiger partial charge in [0.1, 0.15) is 5.75 Å². The molecule has 1 aromatic carbocycles. The number of rotatable bonds is 4. The second kappa shape index (κ2) is 5.83. The van der Waals surface area contributed by atoms with Crippen molar-refractivity contribution < 1.29 is 4.74 Å². The van der Waals surface area contributed by atoms with Crippen LogP contribution in [-0.4, -0.2) is 37.2 Å². The van der Waals surface area contributed by atoms with Crippen molar-refractivity contribution in [1.82, 2.24) is 4.90 Å². The van der Waals surface area contributed by atoms with Crippen LogP contribution in [0.2, 0.25) is 0 Å². The molecule has 19 heavy (non-hydrogen) atoms. The third-order valence-corrected chi connectivity index (χ3v) is 4.12. The first kappa shape index (κ1) is 14.2. The van der Waals surface area contributed by atoms with Crippen molar-refractivity contribution in [1.29, 1.82) is 0 Å². The SMILES string of the molecule is COc1c(C)ccc(NC2CCN(C(C)C)C2)c1C. The number of benzene rings is 1. The van der Waals surface area contributed by atoms with Gasteiger partial charge < -0.3 is 10.1 Å². The van der Waals surface area contributed by atoms with E-state index in [9.17, 15) is 0 Å². The van der Waals surface area contributed by atoms with Crippen molar-refractivity contribution in [3.8, 4) is 5.75 Å². The predicted octanol–water partition coefficient (Wildman–Crippen LogP) is 3.21. The summed E-state index contributed by atoms with van der Waals surface area (Å²) in [7, 11) is 1.75. The zero-order chi connectivity index (χ0) is 14.0. The average molecular weight is 262 g/mol. The van der Waals surface area contributed by atoms with Gasteiger partial charge in [-0.15, -0.1) is 0 Å².